The lowest BCUT2D eigenvalue weighted by Crippen LogP contribution is -2.27. The quantitative estimate of drug-likeness (QED) is 0.798. The number of halogens is 1. The first-order valence-corrected chi connectivity index (χ1v) is 5.20. The van der Waals surface area contributed by atoms with E-state index in [0.717, 1.165) is 13.0 Å². The van der Waals surface area contributed by atoms with Crippen molar-refractivity contribution in [3.63, 3.8) is 0 Å². The van der Waals surface area contributed by atoms with Crippen LogP contribution in [0.4, 0.5) is 11.6 Å². The second-order valence-electron chi connectivity index (χ2n) is 3.54. The van der Waals surface area contributed by atoms with E-state index >= 15 is 0 Å². The van der Waals surface area contributed by atoms with E-state index in [4.69, 9.17) is 22.1 Å². The topological polar surface area (TPSA) is 73.1 Å². The van der Waals surface area contributed by atoms with Crippen LogP contribution in [0.15, 0.2) is 6.33 Å². The van der Waals surface area contributed by atoms with Crippen molar-refractivity contribution in [3.8, 4) is 0 Å². The number of ether oxygens (including phenoxy) is 1. The van der Waals surface area contributed by atoms with Crippen molar-refractivity contribution in [1.29, 1.82) is 0 Å². The van der Waals surface area contributed by atoms with Gasteiger partial charge in [0, 0.05) is 6.61 Å². The molecule has 1 aromatic rings. The molecule has 0 radical (unpaired) electrons. The standard InChI is InChI=1S/C9H13ClN4O/c1-5-6(2-3-15-5)14-9-7(10)8(11)12-4-13-9/h4-6H,2-3H2,1H3,(H3,11,12,13,14). The molecule has 6 heteroatoms. The van der Waals surface area contributed by atoms with Gasteiger partial charge in [-0.25, -0.2) is 9.97 Å². The van der Waals surface area contributed by atoms with Gasteiger partial charge in [0.05, 0.1) is 12.1 Å². The van der Waals surface area contributed by atoms with Gasteiger partial charge in [-0.3, -0.25) is 0 Å². The van der Waals surface area contributed by atoms with E-state index in [9.17, 15) is 0 Å². The maximum absolute atomic E-state index is 5.97. The van der Waals surface area contributed by atoms with Gasteiger partial charge in [-0.1, -0.05) is 11.6 Å². The van der Waals surface area contributed by atoms with E-state index in [1.54, 1.807) is 0 Å². The summed E-state index contributed by atoms with van der Waals surface area (Å²) in [6.45, 7) is 2.78. The molecule has 1 saturated heterocycles. The Bertz CT molecular complexity index is 360. The summed E-state index contributed by atoms with van der Waals surface area (Å²) < 4.78 is 5.43. The van der Waals surface area contributed by atoms with E-state index in [2.05, 4.69) is 15.3 Å². The SMILES string of the molecule is CC1OCCC1Nc1ncnc(N)c1Cl. The molecule has 1 fully saturated rings. The molecule has 1 aromatic heterocycles. The number of nitrogens with one attached hydrogen (secondary N) is 1. The number of nitrogens with two attached hydrogens (primary N) is 1. The lowest BCUT2D eigenvalue weighted by Gasteiger charge is -2.17. The van der Waals surface area contributed by atoms with Crippen molar-refractivity contribution < 1.29 is 4.74 Å². The molecule has 2 atom stereocenters. The normalized spacial score (nSPS) is 25.5. The molecule has 15 heavy (non-hydrogen) atoms. The maximum Gasteiger partial charge on any atom is 0.150 e. The molecule has 2 heterocycles. The zero-order valence-corrected chi connectivity index (χ0v) is 9.16. The third-order valence-electron chi connectivity index (χ3n) is 2.51. The Kier molecular flexibility index (Phi) is 2.93. The van der Waals surface area contributed by atoms with Crippen molar-refractivity contribution in [1.82, 2.24) is 9.97 Å². The minimum Gasteiger partial charge on any atom is -0.382 e. The minimum absolute atomic E-state index is 0.164. The molecule has 0 aromatic carbocycles. The molecule has 82 valence electrons. The molecule has 3 N–H and O–H groups in total. The summed E-state index contributed by atoms with van der Waals surface area (Å²) in [7, 11) is 0. The first-order valence-electron chi connectivity index (χ1n) is 4.82. The predicted octanol–water partition coefficient (Wildman–Crippen LogP) is 1.30. The van der Waals surface area contributed by atoms with Gasteiger partial charge < -0.3 is 15.8 Å². The van der Waals surface area contributed by atoms with Crippen molar-refractivity contribution in [2.75, 3.05) is 17.7 Å². The third kappa shape index (κ3) is 2.13. The monoisotopic (exact) mass is 228 g/mol. The zero-order valence-electron chi connectivity index (χ0n) is 8.40. The molecule has 0 amide bonds. The minimum atomic E-state index is 0.164. The van der Waals surface area contributed by atoms with Gasteiger partial charge in [0.2, 0.25) is 0 Å². The lowest BCUT2D eigenvalue weighted by molar-refractivity contribution is 0.121. The highest BCUT2D eigenvalue weighted by Crippen LogP contribution is 2.26. The third-order valence-corrected chi connectivity index (χ3v) is 2.89. The van der Waals surface area contributed by atoms with Crippen LogP contribution in [0.2, 0.25) is 5.02 Å². The summed E-state index contributed by atoms with van der Waals surface area (Å²) in [6, 6.07) is 0.233. The predicted molar refractivity (Wildman–Crippen MR) is 58.9 cm³/mol. The summed E-state index contributed by atoms with van der Waals surface area (Å²) in [5, 5.41) is 3.58. The lowest BCUT2D eigenvalue weighted by atomic mass is 10.1. The highest BCUT2D eigenvalue weighted by Gasteiger charge is 2.25. The van der Waals surface area contributed by atoms with Crippen molar-refractivity contribution in [3.05, 3.63) is 11.3 Å². The maximum atomic E-state index is 5.97. The first-order chi connectivity index (χ1) is 7.18. The zero-order chi connectivity index (χ0) is 10.8. The summed E-state index contributed by atoms with van der Waals surface area (Å²) in [6.07, 6.45) is 2.50. The van der Waals surface area contributed by atoms with Gasteiger partial charge in [-0.2, -0.15) is 0 Å². The van der Waals surface area contributed by atoms with Crippen LogP contribution in [-0.4, -0.2) is 28.7 Å². The Labute approximate surface area is 93.0 Å². The molecule has 0 saturated carbocycles. The molecular weight excluding hydrogens is 216 g/mol. The number of rotatable bonds is 2. The molecular formula is C9H13ClN4O. The molecule has 0 spiro atoms. The number of nitrogen functional groups attached to an aromatic ring is 1. The van der Waals surface area contributed by atoms with Crippen LogP contribution < -0.4 is 11.1 Å². The molecule has 5 nitrogen and oxygen atoms in total. The Balaban J connectivity index is 2.13. The second kappa shape index (κ2) is 4.20. The van der Waals surface area contributed by atoms with Gasteiger partial charge in [0.25, 0.3) is 0 Å². The van der Waals surface area contributed by atoms with Crippen molar-refractivity contribution >= 4 is 23.2 Å². The summed E-state index contributed by atoms with van der Waals surface area (Å²) >= 11 is 5.97. The number of hydrogen-bond acceptors (Lipinski definition) is 5. The van der Waals surface area contributed by atoms with Crippen molar-refractivity contribution in [2.24, 2.45) is 0 Å². The van der Waals surface area contributed by atoms with Gasteiger partial charge in [-0.15, -0.1) is 0 Å². The number of hydrogen-bond donors (Lipinski definition) is 2. The fourth-order valence-corrected chi connectivity index (χ4v) is 1.73. The van der Waals surface area contributed by atoms with E-state index in [1.807, 2.05) is 6.92 Å². The average molecular weight is 229 g/mol. The smallest absolute Gasteiger partial charge is 0.150 e. The van der Waals surface area contributed by atoms with Crippen LogP contribution in [0.5, 0.6) is 0 Å². The first kappa shape index (κ1) is 10.4. The van der Waals surface area contributed by atoms with E-state index < -0.39 is 0 Å². The Morgan fingerprint density at radius 2 is 2.40 bits per heavy atom. The molecule has 1 aliphatic heterocycles. The van der Waals surface area contributed by atoms with E-state index in [1.165, 1.54) is 6.33 Å². The second-order valence-corrected chi connectivity index (χ2v) is 3.91. The van der Waals surface area contributed by atoms with Gasteiger partial charge in [0.15, 0.2) is 5.82 Å². The fraction of sp³-hybridized carbons (Fsp3) is 0.556. The van der Waals surface area contributed by atoms with Crippen LogP contribution in [-0.2, 0) is 4.74 Å². The summed E-state index contributed by atoms with van der Waals surface area (Å²) in [5.74, 6) is 0.868. The summed E-state index contributed by atoms with van der Waals surface area (Å²) in [5.41, 5.74) is 5.58. The number of aromatic nitrogens is 2. The van der Waals surface area contributed by atoms with Crippen LogP contribution in [0, 0.1) is 0 Å². The van der Waals surface area contributed by atoms with Crippen LogP contribution >= 0.6 is 11.6 Å². The Hall–Kier alpha value is -1.07. The van der Waals surface area contributed by atoms with Gasteiger partial charge >= 0.3 is 0 Å². The fourth-order valence-electron chi connectivity index (χ4n) is 1.58. The average Bonchev–Trinajstić information content (AvgIpc) is 2.60. The summed E-state index contributed by atoms with van der Waals surface area (Å²) in [4.78, 5) is 7.84. The number of nitrogens with zero attached hydrogens (tertiary/aromatic N) is 2. The van der Waals surface area contributed by atoms with E-state index in [-0.39, 0.29) is 12.1 Å². The molecule has 2 unspecified atom stereocenters. The van der Waals surface area contributed by atoms with Gasteiger partial charge in [0.1, 0.15) is 17.2 Å². The van der Waals surface area contributed by atoms with Crippen LogP contribution in [0.25, 0.3) is 0 Å². The van der Waals surface area contributed by atoms with E-state index in [0.29, 0.717) is 16.7 Å². The van der Waals surface area contributed by atoms with Crippen LogP contribution in [0.1, 0.15) is 13.3 Å². The highest BCUT2D eigenvalue weighted by atomic mass is 35.5. The Morgan fingerprint density at radius 1 is 1.60 bits per heavy atom. The highest BCUT2D eigenvalue weighted by molar-refractivity contribution is 6.35. The molecule has 0 aliphatic carbocycles. The van der Waals surface area contributed by atoms with Gasteiger partial charge in [-0.05, 0) is 13.3 Å². The Morgan fingerprint density at radius 3 is 3.07 bits per heavy atom. The molecule has 0 bridgehead atoms. The number of anilines is 2. The van der Waals surface area contributed by atoms with Crippen LogP contribution in [0.3, 0.4) is 0 Å². The van der Waals surface area contributed by atoms with Crippen molar-refractivity contribution in [2.45, 2.75) is 25.5 Å². The molecule has 1 aliphatic rings. The molecule has 2 rings (SSSR count). The largest absolute Gasteiger partial charge is 0.382 e.